The molecule has 0 aliphatic heterocycles. The summed E-state index contributed by atoms with van der Waals surface area (Å²) < 4.78 is 8.74. The van der Waals surface area contributed by atoms with Gasteiger partial charge in [0.15, 0.2) is 0 Å². The smallest absolute Gasteiger partial charge is 0.139 e. The molecular formula is C13H16BrN3O. The van der Waals surface area contributed by atoms with Crippen LogP contribution in [0.2, 0.25) is 0 Å². The molecule has 0 saturated heterocycles. The van der Waals surface area contributed by atoms with Crippen LogP contribution in [-0.2, 0) is 7.05 Å². The third-order valence-corrected chi connectivity index (χ3v) is 3.21. The summed E-state index contributed by atoms with van der Waals surface area (Å²) in [4.78, 5) is 0. The van der Waals surface area contributed by atoms with Gasteiger partial charge in [0.1, 0.15) is 11.9 Å². The van der Waals surface area contributed by atoms with E-state index >= 15 is 0 Å². The summed E-state index contributed by atoms with van der Waals surface area (Å²) in [6.45, 7) is 2.43. The van der Waals surface area contributed by atoms with Crippen molar-refractivity contribution in [3.63, 3.8) is 0 Å². The van der Waals surface area contributed by atoms with E-state index in [9.17, 15) is 0 Å². The second kappa shape index (κ2) is 5.54. The van der Waals surface area contributed by atoms with E-state index in [0.717, 1.165) is 21.3 Å². The molecule has 0 fully saturated rings. The van der Waals surface area contributed by atoms with E-state index in [1.54, 1.807) is 10.9 Å². The van der Waals surface area contributed by atoms with Gasteiger partial charge in [-0.05, 0) is 30.7 Å². The van der Waals surface area contributed by atoms with E-state index in [2.05, 4.69) is 21.0 Å². The minimum absolute atomic E-state index is 0.168. The van der Waals surface area contributed by atoms with Gasteiger partial charge in [0.05, 0.1) is 6.20 Å². The summed E-state index contributed by atoms with van der Waals surface area (Å²) >= 11 is 3.43. The molecular weight excluding hydrogens is 294 g/mol. The zero-order valence-electron chi connectivity index (χ0n) is 10.4. The van der Waals surface area contributed by atoms with Gasteiger partial charge in [-0.3, -0.25) is 4.68 Å². The fraction of sp³-hybridized carbons (Fsp3) is 0.308. The molecule has 0 saturated carbocycles. The van der Waals surface area contributed by atoms with Gasteiger partial charge in [0.25, 0.3) is 0 Å². The lowest BCUT2D eigenvalue weighted by Gasteiger charge is -2.17. The lowest BCUT2D eigenvalue weighted by atomic mass is 10.2. The Labute approximate surface area is 115 Å². The molecule has 0 radical (unpaired) electrons. The van der Waals surface area contributed by atoms with Gasteiger partial charge in [0, 0.05) is 29.8 Å². The van der Waals surface area contributed by atoms with Gasteiger partial charge in [-0.25, -0.2) is 0 Å². The first kappa shape index (κ1) is 13.1. The average Bonchev–Trinajstić information content (AvgIpc) is 2.75. The summed E-state index contributed by atoms with van der Waals surface area (Å²) in [7, 11) is 1.88. The van der Waals surface area contributed by atoms with Crippen LogP contribution in [0.3, 0.4) is 0 Å². The quantitative estimate of drug-likeness (QED) is 0.944. The predicted octanol–water partition coefficient (Wildman–Crippen LogP) is 2.57. The molecule has 18 heavy (non-hydrogen) atoms. The third-order valence-electron chi connectivity index (χ3n) is 2.72. The van der Waals surface area contributed by atoms with Crippen molar-refractivity contribution in [2.24, 2.45) is 12.8 Å². The SMILES string of the molecule is Cc1cc(Br)ccc1OC(CN)c1cnn(C)c1. The number of rotatable bonds is 4. The molecule has 0 aliphatic rings. The topological polar surface area (TPSA) is 53.1 Å². The molecule has 96 valence electrons. The first-order valence-electron chi connectivity index (χ1n) is 5.71. The maximum Gasteiger partial charge on any atom is 0.139 e. The van der Waals surface area contributed by atoms with Crippen molar-refractivity contribution >= 4 is 15.9 Å². The van der Waals surface area contributed by atoms with Crippen LogP contribution < -0.4 is 10.5 Å². The number of hydrogen-bond donors (Lipinski definition) is 1. The molecule has 1 atom stereocenters. The van der Waals surface area contributed by atoms with E-state index in [0.29, 0.717) is 6.54 Å². The zero-order valence-corrected chi connectivity index (χ0v) is 12.0. The number of aromatic nitrogens is 2. The highest BCUT2D eigenvalue weighted by Gasteiger charge is 2.14. The van der Waals surface area contributed by atoms with E-state index < -0.39 is 0 Å². The Morgan fingerprint density at radius 1 is 1.50 bits per heavy atom. The third kappa shape index (κ3) is 2.91. The van der Waals surface area contributed by atoms with Crippen LogP contribution in [-0.4, -0.2) is 16.3 Å². The number of benzene rings is 1. The van der Waals surface area contributed by atoms with Crippen LogP contribution in [0.25, 0.3) is 0 Å². The van der Waals surface area contributed by atoms with Crippen molar-refractivity contribution in [3.05, 3.63) is 46.2 Å². The predicted molar refractivity (Wildman–Crippen MR) is 74.5 cm³/mol. The zero-order chi connectivity index (χ0) is 13.1. The highest BCUT2D eigenvalue weighted by atomic mass is 79.9. The lowest BCUT2D eigenvalue weighted by Crippen LogP contribution is -2.18. The van der Waals surface area contributed by atoms with E-state index in [1.807, 2.05) is 38.4 Å². The van der Waals surface area contributed by atoms with Crippen molar-refractivity contribution in [1.82, 2.24) is 9.78 Å². The number of hydrogen-bond acceptors (Lipinski definition) is 3. The molecule has 1 aromatic heterocycles. The van der Waals surface area contributed by atoms with E-state index in [4.69, 9.17) is 10.5 Å². The number of nitrogens with two attached hydrogens (primary N) is 1. The minimum Gasteiger partial charge on any atom is -0.484 e. The fourth-order valence-electron chi connectivity index (χ4n) is 1.76. The van der Waals surface area contributed by atoms with Crippen molar-refractivity contribution in [2.45, 2.75) is 13.0 Å². The Hall–Kier alpha value is -1.33. The number of nitrogens with zero attached hydrogens (tertiary/aromatic N) is 2. The van der Waals surface area contributed by atoms with Gasteiger partial charge in [-0.2, -0.15) is 5.10 Å². The largest absolute Gasteiger partial charge is 0.484 e. The van der Waals surface area contributed by atoms with Crippen molar-refractivity contribution < 1.29 is 4.74 Å². The van der Waals surface area contributed by atoms with Crippen LogP contribution >= 0.6 is 15.9 Å². The molecule has 1 unspecified atom stereocenters. The molecule has 0 bridgehead atoms. The summed E-state index contributed by atoms with van der Waals surface area (Å²) in [6, 6.07) is 5.92. The standard InChI is InChI=1S/C13H16BrN3O/c1-9-5-11(14)3-4-12(9)18-13(6-15)10-7-16-17(2)8-10/h3-5,7-8,13H,6,15H2,1-2H3. The monoisotopic (exact) mass is 309 g/mol. The molecule has 1 heterocycles. The Morgan fingerprint density at radius 2 is 2.28 bits per heavy atom. The van der Waals surface area contributed by atoms with Gasteiger partial charge < -0.3 is 10.5 Å². The van der Waals surface area contributed by atoms with Crippen LogP contribution in [0.5, 0.6) is 5.75 Å². The highest BCUT2D eigenvalue weighted by Crippen LogP contribution is 2.26. The van der Waals surface area contributed by atoms with Crippen LogP contribution in [0.1, 0.15) is 17.2 Å². The molecule has 1 aromatic carbocycles. The second-order valence-corrected chi connectivity index (χ2v) is 5.12. The maximum absolute atomic E-state index is 5.95. The van der Waals surface area contributed by atoms with Gasteiger partial charge in [-0.15, -0.1) is 0 Å². The van der Waals surface area contributed by atoms with Gasteiger partial charge >= 0.3 is 0 Å². The molecule has 0 aliphatic carbocycles. The summed E-state index contributed by atoms with van der Waals surface area (Å²) in [5.41, 5.74) is 7.83. The Morgan fingerprint density at radius 3 is 2.83 bits per heavy atom. The summed E-state index contributed by atoms with van der Waals surface area (Å²) in [5.74, 6) is 0.845. The Kier molecular flexibility index (Phi) is 4.04. The minimum atomic E-state index is -0.168. The molecule has 4 nitrogen and oxygen atoms in total. The summed E-state index contributed by atoms with van der Waals surface area (Å²) in [6.07, 6.45) is 3.54. The van der Waals surface area contributed by atoms with Crippen molar-refractivity contribution in [1.29, 1.82) is 0 Å². The molecule has 0 amide bonds. The maximum atomic E-state index is 5.95. The molecule has 5 heteroatoms. The van der Waals surface area contributed by atoms with Crippen LogP contribution in [0, 0.1) is 6.92 Å². The molecule has 2 N–H and O–H groups in total. The highest BCUT2D eigenvalue weighted by molar-refractivity contribution is 9.10. The fourth-order valence-corrected chi connectivity index (χ4v) is 2.23. The first-order chi connectivity index (χ1) is 8.60. The van der Waals surface area contributed by atoms with Crippen molar-refractivity contribution in [3.8, 4) is 5.75 Å². The molecule has 2 aromatic rings. The second-order valence-electron chi connectivity index (χ2n) is 4.20. The van der Waals surface area contributed by atoms with Crippen LogP contribution in [0.15, 0.2) is 35.1 Å². The van der Waals surface area contributed by atoms with Crippen molar-refractivity contribution in [2.75, 3.05) is 6.54 Å². The van der Waals surface area contributed by atoms with Gasteiger partial charge in [-0.1, -0.05) is 15.9 Å². The average molecular weight is 310 g/mol. The lowest BCUT2D eigenvalue weighted by molar-refractivity contribution is 0.212. The number of halogens is 1. The first-order valence-corrected chi connectivity index (χ1v) is 6.51. The Bertz CT molecular complexity index is 539. The molecule has 2 rings (SSSR count). The Balaban J connectivity index is 2.20. The van der Waals surface area contributed by atoms with Crippen LogP contribution in [0.4, 0.5) is 0 Å². The molecule has 0 spiro atoms. The normalized spacial score (nSPS) is 12.4. The summed E-state index contributed by atoms with van der Waals surface area (Å²) in [5, 5.41) is 4.14. The van der Waals surface area contributed by atoms with E-state index in [-0.39, 0.29) is 6.10 Å². The van der Waals surface area contributed by atoms with E-state index in [1.165, 1.54) is 0 Å². The number of aryl methyl sites for hydroxylation is 2. The van der Waals surface area contributed by atoms with Gasteiger partial charge in [0.2, 0.25) is 0 Å². The number of ether oxygens (including phenoxy) is 1.